The second-order valence-electron chi connectivity index (χ2n) is 3.61. The lowest BCUT2D eigenvalue weighted by Crippen LogP contribution is -2.28. The van der Waals surface area contributed by atoms with E-state index < -0.39 is 10.0 Å². The third kappa shape index (κ3) is 2.20. The molecule has 0 amide bonds. The van der Waals surface area contributed by atoms with Gasteiger partial charge in [-0.25, -0.2) is 8.42 Å². The number of alkyl halides is 1. The summed E-state index contributed by atoms with van der Waals surface area (Å²) in [7, 11) is -3.28. The second-order valence-corrected chi connectivity index (χ2v) is 7.68. The van der Waals surface area contributed by atoms with E-state index in [1.165, 1.54) is 15.6 Å². The Hall–Kier alpha value is -0.100. The van der Waals surface area contributed by atoms with Crippen LogP contribution in [0.5, 0.6) is 0 Å². The Labute approximate surface area is 98.7 Å². The lowest BCUT2D eigenvalue weighted by Gasteiger charge is -2.13. The molecule has 6 heteroatoms. The van der Waals surface area contributed by atoms with Crippen LogP contribution in [0.3, 0.4) is 0 Å². The van der Waals surface area contributed by atoms with Crippen LogP contribution < -0.4 is 0 Å². The standard InChI is InChI=1S/C9H12ClNO2S2/c1-7-2-3-9(14-7)15(12,13)11-5-4-8(10)6-11/h2-3,8H,4-6H2,1H3. The number of rotatable bonds is 2. The van der Waals surface area contributed by atoms with Crippen molar-refractivity contribution in [3.8, 4) is 0 Å². The molecule has 84 valence electrons. The van der Waals surface area contributed by atoms with Crippen LogP contribution >= 0.6 is 22.9 Å². The molecule has 1 aliphatic heterocycles. The summed E-state index contributed by atoms with van der Waals surface area (Å²) in [5, 5.41) is -0.0409. The van der Waals surface area contributed by atoms with E-state index in [1.54, 1.807) is 6.07 Å². The van der Waals surface area contributed by atoms with Gasteiger partial charge in [-0.05, 0) is 25.5 Å². The number of aryl methyl sites for hydroxylation is 1. The summed E-state index contributed by atoms with van der Waals surface area (Å²) < 4.78 is 26.0. The maximum Gasteiger partial charge on any atom is 0.252 e. The van der Waals surface area contributed by atoms with E-state index >= 15 is 0 Å². The minimum Gasteiger partial charge on any atom is -0.206 e. The number of hydrogen-bond donors (Lipinski definition) is 0. The maximum atomic E-state index is 12.1. The minimum absolute atomic E-state index is 0.0409. The Balaban J connectivity index is 2.27. The molecule has 0 radical (unpaired) electrons. The Morgan fingerprint density at radius 3 is 2.73 bits per heavy atom. The molecule has 0 bridgehead atoms. The predicted molar refractivity (Wildman–Crippen MR) is 62.1 cm³/mol. The van der Waals surface area contributed by atoms with Crippen LogP contribution in [0.15, 0.2) is 16.3 Å². The molecule has 1 aromatic heterocycles. The Morgan fingerprint density at radius 1 is 1.53 bits per heavy atom. The lowest BCUT2D eigenvalue weighted by molar-refractivity contribution is 0.479. The second kappa shape index (κ2) is 4.05. The number of sulfonamides is 1. The highest BCUT2D eigenvalue weighted by Gasteiger charge is 2.32. The zero-order valence-electron chi connectivity index (χ0n) is 8.31. The van der Waals surface area contributed by atoms with Crippen molar-refractivity contribution in [2.75, 3.05) is 13.1 Å². The van der Waals surface area contributed by atoms with E-state index in [4.69, 9.17) is 11.6 Å². The third-order valence-electron chi connectivity index (χ3n) is 2.40. The van der Waals surface area contributed by atoms with Gasteiger partial charge in [-0.2, -0.15) is 4.31 Å². The van der Waals surface area contributed by atoms with Gasteiger partial charge in [-0.3, -0.25) is 0 Å². The highest BCUT2D eigenvalue weighted by Crippen LogP contribution is 2.27. The molecule has 1 aliphatic rings. The molecule has 3 nitrogen and oxygen atoms in total. The topological polar surface area (TPSA) is 37.4 Å². The third-order valence-corrected chi connectivity index (χ3v) is 6.09. The molecule has 0 aliphatic carbocycles. The lowest BCUT2D eigenvalue weighted by atomic mass is 10.4. The Kier molecular flexibility index (Phi) is 3.07. The van der Waals surface area contributed by atoms with Crippen LogP contribution in [0.1, 0.15) is 11.3 Å². The van der Waals surface area contributed by atoms with Crippen molar-refractivity contribution in [2.24, 2.45) is 0 Å². The van der Waals surface area contributed by atoms with Gasteiger partial charge in [0.2, 0.25) is 0 Å². The summed E-state index contributed by atoms with van der Waals surface area (Å²) in [5.41, 5.74) is 0. The fourth-order valence-electron chi connectivity index (χ4n) is 1.58. The van der Waals surface area contributed by atoms with Crippen LogP contribution in [0, 0.1) is 6.92 Å². The SMILES string of the molecule is Cc1ccc(S(=O)(=O)N2CCC(Cl)C2)s1. The first-order valence-corrected chi connectivity index (χ1v) is 7.40. The van der Waals surface area contributed by atoms with E-state index in [9.17, 15) is 8.42 Å². The van der Waals surface area contributed by atoms with Gasteiger partial charge in [0.25, 0.3) is 10.0 Å². The molecular formula is C9H12ClNO2S2. The van der Waals surface area contributed by atoms with E-state index in [-0.39, 0.29) is 5.38 Å². The van der Waals surface area contributed by atoms with Gasteiger partial charge in [0.05, 0.1) is 0 Å². The fraction of sp³-hybridized carbons (Fsp3) is 0.556. The normalized spacial score (nSPS) is 23.5. The van der Waals surface area contributed by atoms with Gasteiger partial charge in [0, 0.05) is 23.3 Å². The first-order chi connectivity index (χ1) is 7.00. The molecule has 0 aromatic carbocycles. The average molecular weight is 266 g/mol. The summed E-state index contributed by atoms with van der Waals surface area (Å²) in [6, 6.07) is 3.49. The van der Waals surface area contributed by atoms with Gasteiger partial charge in [0.15, 0.2) is 0 Å². The van der Waals surface area contributed by atoms with E-state index in [1.807, 2.05) is 13.0 Å². The molecule has 2 heterocycles. The molecule has 0 saturated carbocycles. The van der Waals surface area contributed by atoms with E-state index in [2.05, 4.69) is 0 Å². The predicted octanol–water partition coefficient (Wildman–Crippen LogP) is 2.06. The molecule has 1 atom stereocenters. The van der Waals surface area contributed by atoms with Crippen molar-refractivity contribution in [1.29, 1.82) is 0 Å². The first-order valence-electron chi connectivity index (χ1n) is 4.71. The molecule has 1 aromatic rings. The largest absolute Gasteiger partial charge is 0.252 e. The molecule has 0 N–H and O–H groups in total. The summed E-state index contributed by atoms with van der Waals surface area (Å²) >= 11 is 7.21. The highest BCUT2D eigenvalue weighted by molar-refractivity contribution is 7.91. The van der Waals surface area contributed by atoms with Crippen molar-refractivity contribution in [2.45, 2.75) is 22.9 Å². The fourth-order valence-corrected chi connectivity index (χ4v) is 4.87. The van der Waals surface area contributed by atoms with Crippen LogP contribution in [-0.4, -0.2) is 31.2 Å². The van der Waals surface area contributed by atoms with E-state index in [0.717, 1.165) is 11.3 Å². The van der Waals surface area contributed by atoms with Crippen LogP contribution in [0.25, 0.3) is 0 Å². The Bertz CT molecular complexity index is 454. The van der Waals surface area contributed by atoms with Gasteiger partial charge < -0.3 is 0 Å². The van der Waals surface area contributed by atoms with Crippen molar-refractivity contribution < 1.29 is 8.42 Å². The molecule has 1 fully saturated rings. The first kappa shape index (κ1) is 11.4. The zero-order valence-corrected chi connectivity index (χ0v) is 10.7. The summed E-state index contributed by atoms with van der Waals surface area (Å²) in [4.78, 5) is 1.01. The van der Waals surface area contributed by atoms with Gasteiger partial charge in [-0.1, -0.05) is 0 Å². The van der Waals surface area contributed by atoms with Crippen molar-refractivity contribution >= 4 is 33.0 Å². The number of thiophene rings is 1. The molecule has 15 heavy (non-hydrogen) atoms. The van der Waals surface area contributed by atoms with Crippen LogP contribution in [0.4, 0.5) is 0 Å². The molecule has 1 saturated heterocycles. The van der Waals surface area contributed by atoms with Crippen molar-refractivity contribution in [3.05, 3.63) is 17.0 Å². The quantitative estimate of drug-likeness (QED) is 0.768. The van der Waals surface area contributed by atoms with Gasteiger partial charge >= 0.3 is 0 Å². The molecule has 1 unspecified atom stereocenters. The van der Waals surface area contributed by atoms with Crippen LogP contribution in [0.2, 0.25) is 0 Å². The van der Waals surface area contributed by atoms with Crippen molar-refractivity contribution in [1.82, 2.24) is 4.31 Å². The number of hydrogen-bond acceptors (Lipinski definition) is 3. The number of nitrogens with zero attached hydrogens (tertiary/aromatic N) is 1. The Morgan fingerprint density at radius 2 is 2.27 bits per heavy atom. The maximum absolute atomic E-state index is 12.1. The number of halogens is 1. The van der Waals surface area contributed by atoms with Crippen molar-refractivity contribution in [3.63, 3.8) is 0 Å². The van der Waals surface area contributed by atoms with E-state index in [0.29, 0.717) is 17.3 Å². The highest BCUT2D eigenvalue weighted by atomic mass is 35.5. The molecular weight excluding hydrogens is 254 g/mol. The summed E-state index contributed by atoms with van der Waals surface area (Å²) in [6.07, 6.45) is 0.741. The molecule has 0 spiro atoms. The van der Waals surface area contributed by atoms with Gasteiger partial charge in [0.1, 0.15) is 4.21 Å². The molecule has 2 rings (SSSR count). The van der Waals surface area contributed by atoms with Gasteiger partial charge in [-0.15, -0.1) is 22.9 Å². The average Bonchev–Trinajstić information content (AvgIpc) is 2.74. The summed E-state index contributed by atoms with van der Waals surface area (Å²) in [5.74, 6) is 0. The van der Waals surface area contributed by atoms with Crippen LogP contribution in [-0.2, 0) is 10.0 Å². The summed E-state index contributed by atoms with van der Waals surface area (Å²) in [6.45, 7) is 2.87. The zero-order chi connectivity index (χ0) is 11.1. The minimum atomic E-state index is -3.28. The monoisotopic (exact) mass is 265 g/mol. The smallest absolute Gasteiger partial charge is 0.206 e.